The molecule has 5 atom stereocenters. The number of thioether (sulfide) groups is 1. The van der Waals surface area contributed by atoms with Crippen molar-refractivity contribution in [1.29, 1.82) is 0 Å². The highest BCUT2D eigenvalue weighted by molar-refractivity contribution is 8.18. The van der Waals surface area contributed by atoms with E-state index in [1.807, 2.05) is 55.6 Å². The van der Waals surface area contributed by atoms with E-state index in [1.54, 1.807) is 9.80 Å². The van der Waals surface area contributed by atoms with Gasteiger partial charge in [-0.25, -0.2) is 4.99 Å². The Hall–Kier alpha value is -3.05. The Balaban J connectivity index is 1.24. The monoisotopic (exact) mass is 680 g/mol. The Morgan fingerprint density at radius 1 is 1.02 bits per heavy atom. The summed E-state index contributed by atoms with van der Waals surface area (Å²) >= 11 is 14.0. The SMILES string of the molecule is CC(C)C1=C(C(=O)N2CCC[C@H]2C(=O)N2CC(=O)N[C@H]3CN(C)C[C@@H]32)SC2=N[C@@](C)(c3ccc(Cl)cc3)[C@@H](c3ccc(Cl)cc3)N21. The molecule has 0 spiro atoms. The average molecular weight is 682 g/mol. The Bertz CT molecular complexity index is 1650. The smallest absolute Gasteiger partial charge is 0.263 e. The van der Waals surface area contributed by atoms with E-state index in [1.165, 1.54) is 11.8 Å². The van der Waals surface area contributed by atoms with Gasteiger partial charge in [-0.05, 0) is 79.9 Å². The van der Waals surface area contributed by atoms with Gasteiger partial charge in [0.05, 0.1) is 18.1 Å². The molecular weight excluding hydrogens is 643 g/mol. The average Bonchev–Trinajstić information content (AvgIpc) is 3.78. The zero-order valence-corrected chi connectivity index (χ0v) is 28.7. The van der Waals surface area contributed by atoms with Crippen LogP contribution >= 0.6 is 35.0 Å². The van der Waals surface area contributed by atoms with E-state index in [4.69, 9.17) is 28.2 Å². The van der Waals surface area contributed by atoms with Crippen LogP contribution in [0.15, 0.2) is 64.1 Å². The minimum absolute atomic E-state index is 0.00107. The van der Waals surface area contributed by atoms with Gasteiger partial charge in [0, 0.05) is 35.4 Å². The van der Waals surface area contributed by atoms with Gasteiger partial charge < -0.3 is 24.9 Å². The highest BCUT2D eigenvalue weighted by Crippen LogP contribution is 2.56. The summed E-state index contributed by atoms with van der Waals surface area (Å²) in [5.41, 5.74) is 2.28. The molecule has 5 aliphatic rings. The van der Waals surface area contributed by atoms with E-state index in [-0.39, 0.29) is 48.3 Å². The van der Waals surface area contributed by atoms with Crippen molar-refractivity contribution >= 4 is 57.9 Å². The summed E-state index contributed by atoms with van der Waals surface area (Å²) in [5.74, 6) is -0.425. The van der Waals surface area contributed by atoms with Crippen molar-refractivity contribution in [3.8, 4) is 0 Å². The van der Waals surface area contributed by atoms with Crippen LogP contribution in [0, 0.1) is 5.92 Å². The Morgan fingerprint density at radius 3 is 2.37 bits per heavy atom. The van der Waals surface area contributed by atoms with Crippen LogP contribution in [0.2, 0.25) is 10.0 Å². The number of carbonyl (C=O) groups excluding carboxylic acids is 3. The molecule has 0 aliphatic carbocycles. The maximum atomic E-state index is 14.6. The number of halogens is 2. The number of hydrogen-bond donors (Lipinski definition) is 1. The molecule has 5 heterocycles. The first-order valence-electron chi connectivity index (χ1n) is 15.9. The molecule has 2 aromatic carbocycles. The second kappa shape index (κ2) is 11.9. The standard InChI is InChI=1S/C34H38Cl2N6O3S/c1-19(2)28-29(32(45)40-15-5-6-25(40)31(44)41-18-27(43)37-24-16-39(4)17-26(24)41)46-33-38-34(3,21-9-13-23(36)14-10-21)30(42(28)33)20-7-11-22(35)12-8-20/h7-14,19,24-26,30H,5-6,15-18H2,1-4H3,(H,37,43)/t24-,25-,26-,30+,34-/m0/s1. The zero-order valence-electron chi connectivity index (χ0n) is 26.4. The molecule has 1 N–H and O–H groups in total. The Morgan fingerprint density at radius 2 is 1.70 bits per heavy atom. The van der Waals surface area contributed by atoms with Crippen LogP contribution in [-0.4, -0.2) is 93.8 Å². The van der Waals surface area contributed by atoms with Gasteiger partial charge in [-0.1, -0.05) is 61.3 Å². The second-order valence-corrected chi connectivity index (χ2v) is 15.3. The van der Waals surface area contributed by atoms with Crippen LogP contribution in [-0.2, 0) is 19.9 Å². The molecule has 3 fully saturated rings. The molecule has 0 aromatic heterocycles. The number of amides is 3. The molecule has 242 valence electrons. The number of benzene rings is 2. The van der Waals surface area contributed by atoms with Gasteiger partial charge in [0.15, 0.2) is 5.17 Å². The molecule has 0 radical (unpaired) electrons. The van der Waals surface area contributed by atoms with Crippen molar-refractivity contribution in [1.82, 2.24) is 24.9 Å². The van der Waals surface area contributed by atoms with Crippen molar-refractivity contribution in [3.05, 3.63) is 80.3 Å². The normalized spacial score (nSPS) is 29.4. The van der Waals surface area contributed by atoms with E-state index < -0.39 is 11.6 Å². The van der Waals surface area contributed by atoms with Crippen LogP contribution < -0.4 is 5.32 Å². The van der Waals surface area contributed by atoms with Crippen molar-refractivity contribution in [2.45, 2.75) is 63.3 Å². The third kappa shape index (κ3) is 5.21. The summed E-state index contributed by atoms with van der Waals surface area (Å²) in [7, 11) is 2.00. The number of amidine groups is 1. The predicted molar refractivity (Wildman–Crippen MR) is 181 cm³/mol. The van der Waals surface area contributed by atoms with E-state index in [0.717, 1.165) is 28.4 Å². The van der Waals surface area contributed by atoms with Gasteiger partial charge in [-0.2, -0.15) is 0 Å². The lowest BCUT2D eigenvalue weighted by atomic mass is 9.81. The second-order valence-electron chi connectivity index (χ2n) is 13.4. The Kier molecular flexibility index (Phi) is 8.15. The number of hydrogen-bond acceptors (Lipinski definition) is 7. The molecule has 2 aromatic rings. The fourth-order valence-corrected chi connectivity index (χ4v) is 9.47. The molecule has 12 heteroatoms. The van der Waals surface area contributed by atoms with Crippen molar-refractivity contribution in [2.75, 3.05) is 33.2 Å². The number of nitrogens with zero attached hydrogens (tertiary/aromatic N) is 5. The summed E-state index contributed by atoms with van der Waals surface area (Å²) in [4.78, 5) is 55.0. The molecule has 3 saturated heterocycles. The molecule has 0 saturated carbocycles. The highest BCUT2D eigenvalue weighted by atomic mass is 35.5. The summed E-state index contributed by atoms with van der Waals surface area (Å²) in [6.45, 7) is 8.24. The first kappa shape index (κ1) is 31.5. The summed E-state index contributed by atoms with van der Waals surface area (Å²) in [6, 6.07) is 14.6. The van der Waals surface area contributed by atoms with E-state index in [2.05, 4.69) is 35.9 Å². The van der Waals surface area contributed by atoms with Gasteiger partial charge in [0.25, 0.3) is 5.91 Å². The minimum atomic E-state index is -0.665. The first-order chi connectivity index (χ1) is 22.0. The van der Waals surface area contributed by atoms with Crippen LogP contribution in [0.4, 0.5) is 0 Å². The number of likely N-dealkylation sites (tertiary alicyclic amines) is 2. The highest BCUT2D eigenvalue weighted by Gasteiger charge is 2.54. The number of likely N-dealkylation sites (N-methyl/N-ethyl adjacent to an activating group) is 1. The lowest BCUT2D eigenvalue weighted by Gasteiger charge is -2.39. The van der Waals surface area contributed by atoms with E-state index in [0.29, 0.717) is 41.0 Å². The lowest BCUT2D eigenvalue weighted by molar-refractivity contribution is -0.148. The van der Waals surface area contributed by atoms with Crippen molar-refractivity contribution < 1.29 is 14.4 Å². The maximum Gasteiger partial charge on any atom is 0.263 e. The molecule has 9 nitrogen and oxygen atoms in total. The largest absolute Gasteiger partial charge is 0.348 e. The van der Waals surface area contributed by atoms with Crippen LogP contribution in [0.5, 0.6) is 0 Å². The van der Waals surface area contributed by atoms with Crippen LogP contribution in [0.3, 0.4) is 0 Å². The molecule has 46 heavy (non-hydrogen) atoms. The number of nitrogens with one attached hydrogen (secondary N) is 1. The maximum absolute atomic E-state index is 14.6. The fraction of sp³-hybridized carbons (Fsp3) is 0.471. The summed E-state index contributed by atoms with van der Waals surface area (Å²) < 4.78 is 0. The van der Waals surface area contributed by atoms with Crippen molar-refractivity contribution in [2.24, 2.45) is 10.9 Å². The summed E-state index contributed by atoms with van der Waals surface area (Å²) in [6.07, 6.45) is 1.31. The number of aliphatic imine (C=N–C) groups is 1. The predicted octanol–water partition coefficient (Wildman–Crippen LogP) is 4.87. The zero-order chi connectivity index (χ0) is 32.5. The molecule has 7 rings (SSSR count). The van der Waals surface area contributed by atoms with Gasteiger partial charge in [0.1, 0.15) is 23.0 Å². The molecule has 0 bridgehead atoms. The molecule has 3 amide bonds. The minimum Gasteiger partial charge on any atom is -0.348 e. The van der Waals surface area contributed by atoms with E-state index in [9.17, 15) is 14.4 Å². The quantitative estimate of drug-likeness (QED) is 0.485. The fourth-order valence-electron chi connectivity index (χ4n) is 7.85. The third-order valence-electron chi connectivity index (χ3n) is 9.98. The van der Waals surface area contributed by atoms with Gasteiger partial charge in [-0.15, -0.1) is 0 Å². The third-order valence-corrected chi connectivity index (χ3v) is 11.5. The van der Waals surface area contributed by atoms with Crippen molar-refractivity contribution in [3.63, 3.8) is 0 Å². The van der Waals surface area contributed by atoms with E-state index >= 15 is 0 Å². The first-order valence-corrected chi connectivity index (χ1v) is 17.5. The number of rotatable bonds is 5. The Labute approximate surface area is 283 Å². The van der Waals surface area contributed by atoms with Crippen LogP contribution in [0.25, 0.3) is 0 Å². The lowest BCUT2D eigenvalue weighted by Crippen LogP contribution is -2.64. The summed E-state index contributed by atoms with van der Waals surface area (Å²) in [5, 5.41) is 5.11. The molecule has 5 aliphatic heterocycles. The molecule has 0 unspecified atom stereocenters. The van der Waals surface area contributed by atoms with Crippen LogP contribution in [0.1, 0.15) is 50.8 Å². The van der Waals surface area contributed by atoms with Gasteiger partial charge in [-0.3, -0.25) is 14.4 Å². The van der Waals surface area contributed by atoms with Gasteiger partial charge in [0.2, 0.25) is 11.8 Å². The number of piperazine rings is 1. The topological polar surface area (TPSA) is 88.6 Å². The van der Waals surface area contributed by atoms with Gasteiger partial charge >= 0.3 is 0 Å². The number of carbonyl (C=O) groups is 3. The number of allylic oxidation sites excluding steroid dienone is 1. The number of fused-ring (bicyclic) bond motifs is 2. The molecular formula is C34H38Cl2N6O3S.